The maximum atomic E-state index is 13.1. The Morgan fingerprint density at radius 3 is 1.22 bits per heavy atom. The van der Waals surface area contributed by atoms with E-state index in [1.54, 1.807) is 6.92 Å². The van der Waals surface area contributed by atoms with Gasteiger partial charge in [-0.05, 0) is 87.6 Å². The van der Waals surface area contributed by atoms with E-state index in [0.717, 1.165) is 45.1 Å². The number of rotatable bonds is 11. The van der Waals surface area contributed by atoms with Crippen LogP contribution in [0.4, 0.5) is 0 Å². The summed E-state index contributed by atoms with van der Waals surface area (Å²) >= 11 is 1.16. The summed E-state index contributed by atoms with van der Waals surface area (Å²) in [6, 6.07) is 8.00. The maximum Gasteiger partial charge on any atom is 0.319 e. The molecule has 0 radical (unpaired) electrons. The second kappa shape index (κ2) is 14.4. The normalized spacial score (nSPS) is 14.2. The molecule has 0 bridgehead atoms. The summed E-state index contributed by atoms with van der Waals surface area (Å²) in [5.41, 5.74) is 4.22. The van der Waals surface area contributed by atoms with Crippen molar-refractivity contribution in [1.29, 1.82) is 0 Å². The minimum atomic E-state index is -0.963. The lowest BCUT2D eigenvalue weighted by atomic mass is 9.78. The van der Waals surface area contributed by atoms with Gasteiger partial charge in [-0.15, -0.1) is 11.8 Å². The number of hydrogen-bond donors (Lipinski definition) is 3. The van der Waals surface area contributed by atoms with Crippen LogP contribution in [0.5, 0.6) is 11.5 Å². The molecule has 0 saturated heterocycles. The van der Waals surface area contributed by atoms with Gasteiger partial charge in [-0.25, -0.2) is 0 Å². The Balaban J connectivity index is 2.40. The second-order valence-corrected chi connectivity index (χ2v) is 17.8. The van der Waals surface area contributed by atoms with Gasteiger partial charge in [0, 0.05) is 0 Å². The molecule has 6 nitrogen and oxygen atoms in total. The van der Waals surface area contributed by atoms with Crippen LogP contribution in [0.3, 0.4) is 0 Å². The van der Waals surface area contributed by atoms with E-state index < -0.39 is 22.4 Å². The van der Waals surface area contributed by atoms with E-state index in [-0.39, 0.29) is 28.3 Å². The minimum absolute atomic E-state index is 0.216. The van der Waals surface area contributed by atoms with Crippen molar-refractivity contribution in [2.24, 2.45) is 0 Å². The zero-order valence-corrected chi connectivity index (χ0v) is 30.8. The number of carboxylic acid groups (broad SMARTS) is 1. The van der Waals surface area contributed by atoms with Gasteiger partial charge in [0.1, 0.15) is 22.0 Å². The van der Waals surface area contributed by atoms with Crippen molar-refractivity contribution >= 4 is 23.7 Å². The molecule has 0 amide bonds. The molecule has 3 N–H and O–H groups in total. The average molecular weight is 643 g/mol. The number of phenolic OH excluding ortho intramolecular Hbond substituents is 2. The third kappa shape index (κ3) is 10.4. The van der Waals surface area contributed by atoms with Crippen molar-refractivity contribution in [1.82, 2.24) is 0 Å². The number of thioether (sulfide) groups is 1. The Hall–Kier alpha value is -2.67. The predicted octanol–water partition coefficient (Wildman–Crippen LogP) is 8.97. The van der Waals surface area contributed by atoms with E-state index in [2.05, 4.69) is 83.1 Å². The first-order valence-electron chi connectivity index (χ1n) is 16.2. The Labute approximate surface area is 276 Å². The van der Waals surface area contributed by atoms with Crippen molar-refractivity contribution in [3.63, 3.8) is 0 Å². The average Bonchev–Trinajstić information content (AvgIpc) is 2.86. The Morgan fingerprint density at radius 1 is 0.644 bits per heavy atom. The molecule has 2 aromatic carbocycles. The third-order valence-corrected chi connectivity index (χ3v) is 9.64. The van der Waals surface area contributed by atoms with E-state index >= 15 is 0 Å². The number of hydrogen-bond acceptors (Lipinski definition) is 6. The Kier molecular flexibility index (Phi) is 12.3. The van der Waals surface area contributed by atoms with Gasteiger partial charge in [0.2, 0.25) is 0 Å². The zero-order chi connectivity index (χ0) is 34.7. The Morgan fingerprint density at radius 2 is 0.956 bits per heavy atom. The van der Waals surface area contributed by atoms with Crippen molar-refractivity contribution in [2.45, 2.75) is 148 Å². The molecule has 2 rings (SSSR count). The summed E-state index contributed by atoms with van der Waals surface area (Å²) < 4.78 is 5.41. The highest BCUT2D eigenvalue weighted by molar-refractivity contribution is 8.01. The van der Waals surface area contributed by atoms with Crippen LogP contribution in [0.1, 0.15) is 136 Å². The number of aliphatic carboxylic acids is 1. The van der Waals surface area contributed by atoms with Gasteiger partial charge in [0.15, 0.2) is 0 Å². The molecule has 0 spiro atoms. The van der Waals surface area contributed by atoms with E-state index in [1.165, 1.54) is 0 Å². The lowest BCUT2D eigenvalue weighted by Crippen LogP contribution is -2.28. The summed E-state index contributed by atoms with van der Waals surface area (Å²) in [5.74, 6) is -0.771. The van der Waals surface area contributed by atoms with Crippen LogP contribution < -0.4 is 0 Å². The van der Waals surface area contributed by atoms with E-state index in [1.807, 2.05) is 24.3 Å². The monoisotopic (exact) mass is 642 g/mol. The summed E-state index contributed by atoms with van der Waals surface area (Å²) in [7, 11) is 0. The van der Waals surface area contributed by atoms with Gasteiger partial charge >= 0.3 is 11.9 Å². The van der Waals surface area contributed by atoms with Gasteiger partial charge in [0.25, 0.3) is 0 Å². The molecular formula is C38H58O6S. The first-order chi connectivity index (χ1) is 20.4. The van der Waals surface area contributed by atoms with Gasteiger partial charge in [0.05, 0.1) is 6.61 Å². The van der Waals surface area contributed by atoms with Gasteiger partial charge in [-0.2, -0.15) is 0 Å². The molecule has 45 heavy (non-hydrogen) atoms. The fourth-order valence-electron chi connectivity index (χ4n) is 5.48. The molecular weight excluding hydrogens is 584 g/mol. The minimum Gasteiger partial charge on any atom is -0.507 e. The molecule has 0 fully saturated rings. The maximum absolute atomic E-state index is 13.1. The van der Waals surface area contributed by atoms with Crippen molar-refractivity contribution in [3.8, 4) is 11.5 Å². The number of aryl methyl sites for hydroxylation is 2. The summed E-state index contributed by atoms with van der Waals surface area (Å²) in [4.78, 5) is 25.7. The third-order valence-electron chi connectivity index (χ3n) is 8.12. The van der Waals surface area contributed by atoms with Crippen LogP contribution in [-0.4, -0.2) is 44.4 Å². The lowest BCUT2D eigenvalue weighted by Gasteiger charge is -2.29. The van der Waals surface area contributed by atoms with Crippen LogP contribution in [-0.2, 0) is 48.8 Å². The molecule has 2 aromatic rings. The first kappa shape index (κ1) is 38.5. The number of phenols is 2. The number of esters is 1. The first-order valence-corrected chi connectivity index (χ1v) is 17.1. The SMILES string of the molecule is CCOC(=O)C(CCc1cc(C(C)(C)C)c(O)c(C(C)(C)C)c1)SC(CCc1cc(C(C)(C)C)c(O)c(C(C)(C)C)c1)C(=O)O. The largest absolute Gasteiger partial charge is 0.507 e. The molecule has 252 valence electrons. The smallest absolute Gasteiger partial charge is 0.319 e. The van der Waals surface area contributed by atoms with Gasteiger partial charge < -0.3 is 20.1 Å². The highest BCUT2D eigenvalue weighted by Gasteiger charge is 2.32. The topological polar surface area (TPSA) is 104 Å². The fourth-order valence-corrected chi connectivity index (χ4v) is 6.68. The molecule has 0 aliphatic heterocycles. The van der Waals surface area contributed by atoms with E-state index in [4.69, 9.17) is 4.74 Å². The number of carboxylic acids is 1. The highest BCUT2D eigenvalue weighted by Crippen LogP contribution is 2.42. The highest BCUT2D eigenvalue weighted by atomic mass is 32.2. The van der Waals surface area contributed by atoms with Crippen LogP contribution in [0.15, 0.2) is 24.3 Å². The summed E-state index contributed by atoms with van der Waals surface area (Å²) in [6.45, 7) is 26.7. The molecule has 0 aromatic heterocycles. The van der Waals surface area contributed by atoms with Crippen LogP contribution in [0.2, 0.25) is 0 Å². The van der Waals surface area contributed by atoms with Crippen molar-refractivity contribution < 1.29 is 29.6 Å². The number of carbonyl (C=O) groups excluding carboxylic acids is 1. The summed E-state index contributed by atoms with van der Waals surface area (Å²) in [5, 5.41) is 31.0. The van der Waals surface area contributed by atoms with Gasteiger partial charge in [-0.1, -0.05) is 107 Å². The van der Waals surface area contributed by atoms with E-state index in [9.17, 15) is 24.9 Å². The Bertz CT molecular complexity index is 1280. The number of benzene rings is 2. The van der Waals surface area contributed by atoms with Crippen LogP contribution >= 0.6 is 11.8 Å². The molecule has 0 aliphatic carbocycles. The molecule has 2 unspecified atom stereocenters. The van der Waals surface area contributed by atoms with Crippen LogP contribution in [0.25, 0.3) is 0 Å². The van der Waals surface area contributed by atoms with Crippen LogP contribution in [0, 0.1) is 0 Å². The molecule has 0 saturated carbocycles. The lowest BCUT2D eigenvalue weighted by molar-refractivity contribution is -0.142. The van der Waals surface area contributed by atoms with E-state index in [0.29, 0.717) is 37.2 Å². The standard InChI is InChI=1S/C38H58O6S/c1-14-44-34(43)30(18-16-24-21-27(37(8,9)10)32(40)28(22-24)38(11,12)13)45-29(33(41)42)17-15-23-19-25(35(2,3)4)31(39)26(20-23)36(5,6)7/h19-22,29-30,39-40H,14-18H2,1-13H3,(H,41,42). The fraction of sp³-hybridized carbons (Fsp3) is 0.632. The number of carbonyl (C=O) groups is 2. The molecule has 0 heterocycles. The van der Waals surface area contributed by atoms with Crippen molar-refractivity contribution in [3.05, 3.63) is 57.6 Å². The molecule has 7 heteroatoms. The summed E-state index contributed by atoms with van der Waals surface area (Å²) in [6.07, 6.45) is 1.77. The molecule has 0 aliphatic rings. The van der Waals surface area contributed by atoms with Gasteiger partial charge in [-0.3, -0.25) is 9.59 Å². The quantitative estimate of drug-likeness (QED) is 0.210. The molecule has 2 atom stereocenters. The number of aromatic hydroxyl groups is 2. The van der Waals surface area contributed by atoms with Crippen molar-refractivity contribution in [2.75, 3.05) is 6.61 Å². The predicted molar refractivity (Wildman–Crippen MR) is 187 cm³/mol. The second-order valence-electron chi connectivity index (χ2n) is 16.4. The zero-order valence-electron chi connectivity index (χ0n) is 30.0. The number of ether oxygens (including phenoxy) is 1.